The molecular formula is C16H20ClN5O2. The average Bonchev–Trinajstić information content (AvgIpc) is 2.98. The van der Waals surface area contributed by atoms with Crippen molar-refractivity contribution in [1.82, 2.24) is 24.6 Å². The monoisotopic (exact) mass is 349 g/mol. The Balaban J connectivity index is 2.31. The van der Waals surface area contributed by atoms with Gasteiger partial charge in [0.2, 0.25) is 11.7 Å². The standard InChI is InChI=1S/C16H20ClN5O2/c1-5-13-18-15(16(24)21(4)10-14(23)20(2)3)19-22(13)12-9-7-6-8-11(12)17/h6-9H,5,10H2,1-4H3. The maximum Gasteiger partial charge on any atom is 0.293 e. The van der Waals surface area contributed by atoms with E-state index < -0.39 is 5.91 Å². The number of likely N-dealkylation sites (N-methyl/N-ethyl adjacent to an activating group) is 2. The van der Waals surface area contributed by atoms with Crippen LogP contribution in [0.3, 0.4) is 0 Å². The number of para-hydroxylation sites is 1. The minimum Gasteiger partial charge on any atom is -0.347 e. The minimum absolute atomic E-state index is 0.0338. The number of halogens is 1. The number of rotatable bonds is 5. The highest BCUT2D eigenvalue weighted by Crippen LogP contribution is 2.20. The predicted octanol–water partition coefficient (Wildman–Crippen LogP) is 1.64. The first-order valence-electron chi connectivity index (χ1n) is 7.51. The fourth-order valence-corrected chi connectivity index (χ4v) is 2.28. The van der Waals surface area contributed by atoms with Crippen molar-refractivity contribution in [2.75, 3.05) is 27.7 Å². The van der Waals surface area contributed by atoms with Crippen LogP contribution in [0.2, 0.25) is 5.02 Å². The zero-order chi connectivity index (χ0) is 17.9. The summed E-state index contributed by atoms with van der Waals surface area (Å²) in [7, 11) is 4.83. The molecule has 0 spiro atoms. The number of aryl methyl sites for hydroxylation is 1. The molecule has 0 unspecified atom stereocenters. The van der Waals surface area contributed by atoms with Crippen molar-refractivity contribution in [3.63, 3.8) is 0 Å². The summed E-state index contributed by atoms with van der Waals surface area (Å²) >= 11 is 6.21. The largest absolute Gasteiger partial charge is 0.347 e. The number of aromatic nitrogens is 3. The normalized spacial score (nSPS) is 10.5. The third-order valence-electron chi connectivity index (χ3n) is 3.48. The van der Waals surface area contributed by atoms with Gasteiger partial charge in [-0.3, -0.25) is 9.59 Å². The first-order valence-corrected chi connectivity index (χ1v) is 7.89. The Morgan fingerprint density at radius 2 is 1.88 bits per heavy atom. The summed E-state index contributed by atoms with van der Waals surface area (Å²) < 4.78 is 1.57. The Bertz CT molecular complexity index is 757. The molecule has 7 nitrogen and oxygen atoms in total. The Labute approximate surface area is 145 Å². The fourth-order valence-electron chi connectivity index (χ4n) is 2.07. The van der Waals surface area contributed by atoms with Crippen molar-refractivity contribution in [3.8, 4) is 5.69 Å². The van der Waals surface area contributed by atoms with Crippen LogP contribution in [-0.4, -0.2) is 64.1 Å². The molecule has 0 aliphatic rings. The molecule has 1 aromatic carbocycles. The molecule has 0 aliphatic carbocycles. The first kappa shape index (κ1) is 17.9. The van der Waals surface area contributed by atoms with Crippen LogP contribution in [0.4, 0.5) is 0 Å². The van der Waals surface area contributed by atoms with Crippen LogP contribution in [0, 0.1) is 0 Å². The van der Waals surface area contributed by atoms with Gasteiger partial charge in [-0.15, -0.1) is 5.10 Å². The van der Waals surface area contributed by atoms with E-state index in [2.05, 4.69) is 10.1 Å². The highest BCUT2D eigenvalue weighted by molar-refractivity contribution is 6.32. The zero-order valence-corrected chi connectivity index (χ0v) is 14.9. The maximum atomic E-state index is 12.5. The van der Waals surface area contributed by atoms with Gasteiger partial charge in [-0.2, -0.15) is 0 Å². The molecule has 2 aromatic rings. The van der Waals surface area contributed by atoms with Gasteiger partial charge in [0.05, 0.1) is 17.3 Å². The number of hydrogen-bond acceptors (Lipinski definition) is 4. The van der Waals surface area contributed by atoms with Crippen LogP contribution in [0.25, 0.3) is 5.69 Å². The van der Waals surface area contributed by atoms with Crippen molar-refractivity contribution < 1.29 is 9.59 Å². The van der Waals surface area contributed by atoms with Crippen LogP contribution in [0.1, 0.15) is 23.4 Å². The highest BCUT2D eigenvalue weighted by Gasteiger charge is 2.22. The number of benzene rings is 1. The maximum absolute atomic E-state index is 12.5. The molecule has 0 saturated carbocycles. The number of hydrogen-bond donors (Lipinski definition) is 0. The summed E-state index contributed by atoms with van der Waals surface area (Å²) in [5.74, 6) is 0.0809. The lowest BCUT2D eigenvalue weighted by atomic mass is 10.3. The Morgan fingerprint density at radius 3 is 2.46 bits per heavy atom. The van der Waals surface area contributed by atoms with Crippen LogP contribution in [0.5, 0.6) is 0 Å². The van der Waals surface area contributed by atoms with Gasteiger partial charge in [0.25, 0.3) is 5.91 Å². The van der Waals surface area contributed by atoms with Gasteiger partial charge in [0.1, 0.15) is 5.82 Å². The molecule has 0 saturated heterocycles. The summed E-state index contributed by atoms with van der Waals surface area (Å²) in [6.07, 6.45) is 0.589. The SMILES string of the molecule is CCc1nc(C(=O)N(C)CC(=O)N(C)C)nn1-c1ccccc1Cl. The fraction of sp³-hybridized carbons (Fsp3) is 0.375. The van der Waals surface area contributed by atoms with E-state index in [0.29, 0.717) is 23.0 Å². The molecule has 2 rings (SSSR count). The molecule has 0 aliphatic heterocycles. The molecule has 1 heterocycles. The molecule has 1 aromatic heterocycles. The second-order valence-electron chi connectivity index (χ2n) is 5.52. The zero-order valence-electron chi connectivity index (χ0n) is 14.2. The Kier molecular flexibility index (Phi) is 5.56. The minimum atomic E-state index is -0.411. The topological polar surface area (TPSA) is 71.3 Å². The molecule has 8 heteroatoms. The van der Waals surface area contributed by atoms with Gasteiger partial charge in [-0.1, -0.05) is 30.7 Å². The van der Waals surface area contributed by atoms with Gasteiger partial charge >= 0.3 is 0 Å². The third kappa shape index (κ3) is 3.73. The van der Waals surface area contributed by atoms with Crippen LogP contribution in [-0.2, 0) is 11.2 Å². The van der Waals surface area contributed by atoms with E-state index in [1.807, 2.05) is 25.1 Å². The quantitative estimate of drug-likeness (QED) is 0.822. The lowest BCUT2D eigenvalue weighted by Gasteiger charge is -2.17. The summed E-state index contributed by atoms with van der Waals surface area (Å²) in [6.45, 7) is 1.89. The van der Waals surface area contributed by atoms with E-state index >= 15 is 0 Å². The van der Waals surface area contributed by atoms with E-state index in [-0.39, 0.29) is 18.3 Å². The van der Waals surface area contributed by atoms with Gasteiger partial charge < -0.3 is 9.80 Å². The van der Waals surface area contributed by atoms with Crippen LogP contribution in [0.15, 0.2) is 24.3 Å². The lowest BCUT2D eigenvalue weighted by molar-refractivity contribution is -0.129. The average molecular weight is 350 g/mol. The predicted molar refractivity (Wildman–Crippen MR) is 91.4 cm³/mol. The van der Waals surface area contributed by atoms with Crippen LogP contribution < -0.4 is 0 Å². The van der Waals surface area contributed by atoms with E-state index in [9.17, 15) is 9.59 Å². The summed E-state index contributed by atoms with van der Waals surface area (Å²) in [6, 6.07) is 7.22. The smallest absolute Gasteiger partial charge is 0.293 e. The summed E-state index contributed by atoms with van der Waals surface area (Å²) in [5.41, 5.74) is 0.662. The number of carbonyl (C=O) groups excluding carboxylic acids is 2. The molecule has 24 heavy (non-hydrogen) atoms. The highest BCUT2D eigenvalue weighted by atomic mass is 35.5. The van der Waals surface area contributed by atoms with Crippen molar-refractivity contribution >= 4 is 23.4 Å². The summed E-state index contributed by atoms with van der Waals surface area (Å²) in [5, 5.41) is 4.81. The second-order valence-corrected chi connectivity index (χ2v) is 5.92. The molecule has 128 valence electrons. The summed E-state index contributed by atoms with van der Waals surface area (Å²) in [4.78, 5) is 31.3. The third-order valence-corrected chi connectivity index (χ3v) is 3.80. The lowest BCUT2D eigenvalue weighted by Crippen LogP contribution is -2.38. The van der Waals surface area contributed by atoms with Gasteiger partial charge in [0, 0.05) is 27.6 Å². The molecule has 0 atom stereocenters. The second kappa shape index (κ2) is 7.44. The molecule has 0 radical (unpaired) electrons. The molecule has 0 bridgehead atoms. The van der Waals surface area contributed by atoms with Gasteiger partial charge in [0.15, 0.2) is 0 Å². The van der Waals surface area contributed by atoms with Crippen molar-refractivity contribution in [2.45, 2.75) is 13.3 Å². The molecule has 0 fully saturated rings. The Hall–Kier alpha value is -2.41. The van der Waals surface area contributed by atoms with Gasteiger partial charge in [-0.05, 0) is 12.1 Å². The number of carbonyl (C=O) groups is 2. The molecule has 2 amide bonds. The molecular weight excluding hydrogens is 330 g/mol. The number of amides is 2. The number of nitrogens with zero attached hydrogens (tertiary/aromatic N) is 5. The van der Waals surface area contributed by atoms with Crippen molar-refractivity contribution in [3.05, 3.63) is 40.9 Å². The van der Waals surface area contributed by atoms with E-state index in [1.165, 1.54) is 9.80 Å². The molecule has 0 N–H and O–H groups in total. The van der Waals surface area contributed by atoms with Crippen molar-refractivity contribution in [1.29, 1.82) is 0 Å². The van der Waals surface area contributed by atoms with E-state index in [4.69, 9.17) is 11.6 Å². The van der Waals surface area contributed by atoms with Gasteiger partial charge in [-0.25, -0.2) is 9.67 Å². The van der Waals surface area contributed by atoms with E-state index in [1.54, 1.807) is 31.9 Å². The van der Waals surface area contributed by atoms with Crippen LogP contribution >= 0.6 is 11.6 Å². The van der Waals surface area contributed by atoms with E-state index in [0.717, 1.165) is 0 Å². The first-order chi connectivity index (χ1) is 11.3. The van der Waals surface area contributed by atoms with Crippen molar-refractivity contribution in [2.24, 2.45) is 0 Å². The Morgan fingerprint density at radius 1 is 1.21 bits per heavy atom.